The number of rotatable bonds is 4. The summed E-state index contributed by atoms with van der Waals surface area (Å²) in [6.07, 6.45) is 0.777. The molecule has 2 heteroatoms. The van der Waals surface area contributed by atoms with Gasteiger partial charge in [-0.1, -0.05) is 39.0 Å². The average Bonchev–Trinajstić information content (AvgIpc) is 2.23. The fourth-order valence-electron chi connectivity index (χ4n) is 2.04. The third-order valence-corrected chi connectivity index (χ3v) is 3.53. The molecule has 1 nitrogen and oxygen atoms in total. The third-order valence-electron chi connectivity index (χ3n) is 3.53. The maximum absolute atomic E-state index is 13.8. The topological polar surface area (TPSA) is 12.0 Å². The Balaban J connectivity index is 2.79. The molecule has 0 saturated heterocycles. The van der Waals surface area contributed by atoms with E-state index in [4.69, 9.17) is 0 Å². The molecule has 0 saturated carbocycles. The van der Waals surface area contributed by atoms with Crippen molar-refractivity contribution >= 4 is 0 Å². The lowest BCUT2D eigenvalue weighted by atomic mass is 9.77. The van der Waals surface area contributed by atoms with Crippen molar-refractivity contribution in [3.63, 3.8) is 0 Å². The molecule has 0 fully saturated rings. The highest BCUT2D eigenvalue weighted by Crippen LogP contribution is 2.29. The molecule has 1 N–H and O–H groups in total. The van der Waals surface area contributed by atoms with E-state index in [9.17, 15) is 4.39 Å². The van der Waals surface area contributed by atoms with Crippen LogP contribution >= 0.6 is 0 Å². The normalized spacial score (nSPS) is 14.5. The van der Waals surface area contributed by atoms with Gasteiger partial charge in [-0.3, -0.25) is 0 Å². The molecule has 1 rings (SSSR count). The highest BCUT2D eigenvalue weighted by atomic mass is 19.1. The molecule has 0 aliphatic rings. The van der Waals surface area contributed by atoms with Gasteiger partial charge >= 0.3 is 0 Å². The molecular weight excluding hydrogens is 237 g/mol. The van der Waals surface area contributed by atoms with E-state index in [1.54, 1.807) is 12.1 Å². The van der Waals surface area contributed by atoms with Gasteiger partial charge in [0.2, 0.25) is 0 Å². The van der Waals surface area contributed by atoms with E-state index in [0.717, 1.165) is 18.5 Å². The Labute approximate surface area is 117 Å². The number of nitrogens with one attached hydrogen (secondary N) is 1. The molecule has 108 valence electrons. The Morgan fingerprint density at radius 3 is 2.11 bits per heavy atom. The molecule has 0 amide bonds. The first kappa shape index (κ1) is 16.2. The maximum atomic E-state index is 13.8. The van der Waals surface area contributed by atoms with Gasteiger partial charge in [0.15, 0.2) is 0 Å². The minimum Gasteiger partial charge on any atom is -0.312 e. The van der Waals surface area contributed by atoms with Gasteiger partial charge in [0.25, 0.3) is 0 Å². The van der Waals surface area contributed by atoms with Crippen LogP contribution in [0.5, 0.6) is 0 Å². The lowest BCUT2D eigenvalue weighted by Gasteiger charge is -2.34. The van der Waals surface area contributed by atoms with Crippen LogP contribution in [0.1, 0.15) is 47.1 Å². The summed E-state index contributed by atoms with van der Waals surface area (Å²) in [4.78, 5) is 0. The minimum atomic E-state index is -0.0903. The molecule has 1 unspecified atom stereocenters. The Hall–Kier alpha value is -0.890. The lowest BCUT2D eigenvalue weighted by Crippen LogP contribution is -2.42. The van der Waals surface area contributed by atoms with Crippen LogP contribution in [-0.2, 0) is 6.42 Å². The van der Waals surface area contributed by atoms with E-state index in [2.05, 4.69) is 46.9 Å². The zero-order valence-electron chi connectivity index (χ0n) is 13.2. The molecule has 19 heavy (non-hydrogen) atoms. The summed E-state index contributed by atoms with van der Waals surface area (Å²) >= 11 is 0. The van der Waals surface area contributed by atoms with Crippen molar-refractivity contribution in [3.05, 3.63) is 35.6 Å². The standard InChI is InChI=1S/C17H28FN/c1-16(2,3)14(12-19-17(4,5)6)11-13-9-7-8-10-15(13)18/h7-10,14,19H,11-12H2,1-6H3. The first-order chi connectivity index (χ1) is 8.59. The van der Waals surface area contributed by atoms with Gasteiger partial charge in [0.05, 0.1) is 0 Å². The summed E-state index contributed by atoms with van der Waals surface area (Å²) in [7, 11) is 0. The number of hydrogen-bond donors (Lipinski definition) is 1. The van der Waals surface area contributed by atoms with Gasteiger partial charge in [-0.05, 0) is 56.7 Å². The van der Waals surface area contributed by atoms with Crippen molar-refractivity contribution in [1.82, 2.24) is 5.32 Å². The fourth-order valence-corrected chi connectivity index (χ4v) is 2.04. The average molecular weight is 265 g/mol. The summed E-state index contributed by atoms with van der Waals surface area (Å²) in [5.74, 6) is 0.316. The second-order valence-corrected chi connectivity index (χ2v) is 7.49. The summed E-state index contributed by atoms with van der Waals surface area (Å²) in [6.45, 7) is 14.1. The zero-order chi connectivity index (χ0) is 14.7. The summed E-state index contributed by atoms with van der Waals surface area (Å²) in [5, 5.41) is 3.55. The van der Waals surface area contributed by atoms with Gasteiger partial charge in [-0.15, -0.1) is 0 Å². The van der Waals surface area contributed by atoms with Crippen molar-refractivity contribution in [2.75, 3.05) is 6.54 Å². The van der Waals surface area contributed by atoms with Crippen molar-refractivity contribution in [2.24, 2.45) is 11.3 Å². The summed E-state index contributed by atoms with van der Waals surface area (Å²) < 4.78 is 13.8. The van der Waals surface area contributed by atoms with Crippen LogP contribution in [0.3, 0.4) is 0 Å². The van der Waals surface area contributed by atoms with Crippen LogP contribution in [0.2, 0.25) is 0 Å². The van der Waals surface area contributed by atoms with Gasteiger partial charge < -0.3 is 5.32 Å². The zero-order valence-corrected chi connectivity index (χ0v) is 13.2. The quantitative estimate of drug-likeness (QED) is 0.850. The highest BCUT2D eigenvalue weighted by molar-refractivity contribution is 5.18. The van der Waals surface area contributed by atoms with E-state index >= 15 is 0 Å². The number of benzene rings is 1. The van der Waals surface area contributed by atoms with Crippen LogP contribution in [0.15, 0.2) is 24.3 Å². The second kappa shape index (κ2) is 6.04. The van der Waals surface area contributed by atoms with E-state index < -0.39 is 0 Å². The molecule has 1 aromatic carbocycles. The predicted molar refractivity (Wildman–Crippen MR) is 80.8 cm³/mol. The van der Waals surface area contributed by atoms with Gasteiger partial charge in [-0.25, -0.2) is 4.39 Å². The monoisotopic (exact) mass is 265 g/mol. The Kier molecular flexibility index (Phi) is 5.14. The van der Waals surface area contributed by atoms with E-state index in [1.807, 2.05) is 12.1 Å². The highest BCUT2D eigenvalue weighted by Gasteiger charge is 2.26. The molecule has 0 aliphatic heterocycles. The SMILES string of the molecule is CC(C)(C)NCC(Cc1ccccc1F)C(C)(C)C. The molecule has 0 radical (unpaired) electrons. The maximum Gasteiger partial charge on any atom is 0.126 e. The summed E-state index contributed by atoms with van der Waals surface area (Å²) in [5.41, 5.74) is 1.07. The van der Waals surface area contributed by atoms with E-state index in [0.29, 0.717) is 5.92 Å². The van der Waals surface area contributed by atoms with Crippen molar-refractivity contribution in [2.45, 2.75) is 53.5 Å². The van der Waals surface area contributed by atoms with Crippen LogP contribution in [0.25, 0.3) is 0 Å². The van der Waals surface area contributed by atoms with Crippen LogP contribution in [0.4, 0.5) is 4.39 Å². The first-order valence-corrected chi connectivity index (χ1v) is 7.08. The van der Waals surface area contributed by atoms with E-state index in [1.165, 1.54) is 0 Å². The molecule has 0 bridgehead atoms. The molecule has 0 heterocycles. The fraction of sp³-hybridized carbons (Fsp3) is 0.647. The Morgan fingerprint density at radius 2 is 1.63 bits per heavy atom. The smallest absolute Gasteiger partial charge is 0.126 e. The molecule has 0 aliphatic carbocycles. The van der Waals surface area contributed by atoms with Crippen molar-refractivity contribution in [3.8, 4) is 0 Å². The van der Waals surface area contributed by atoms with Gasteiger partial charge in [0, 0.05) is 5.54 Å². The first-order valence-electron chi connectivity index (χ1n) is 7.08. The Morgan fingerprint density at radius 1 is 1.05 bits per heavy atom. The number of hydrogen-bond acceptors (Lipinski definition) is 1. The second-order valence-electron chi connectivity index (χ2n) is 7.49. The van der Waals surface area contributed by atoms with Gasteiger partial charge in [0.1, 0.15) is 5.82 Å². The molecule has 1 aromatic rings. The molecular formula is C17H28FN. The van der Waals surface area contributed by atoms with E-state index in [-0.39, 0.29) is 16.8 Å². The third kappa shape index (κ3) is 5.73. The van der Waals surface area contributed by atoms with Crippen LogP contribution < -0.4 is 5.32 Å². The number of halogens is 1. The molecule has 0 aromatic heterocycles. The summed E-state index contributed by atoms with van der Waals surface area (Å²) in [6, 6.07) is 7.10. The lowest BCUT2D eigenvalue weighted by molar-refractivity contribution is 0.212. The Bertz CT molecular complexity index is 398. The molecule has 0 spiro atoms. The van der Waals surface area contributed by atoms with Crippen LogP contribution in [0, 0.1) is 17.2 Å². The van der Waals surface area contributed by atoms with Crippen molar-refractivity contribution < 1.29 is 4.39 Å². The van der Waals surface area contributed by atoms with Gasteiger partial charge in [-0.2, -0.15) is 0 Å². The largest absolute Gasteiger partial charge is 0.312 e. The minimum absolute atomic E-state index is 0.0903. The molecule has 1 atom stereocenters. The van der Waals surface area contributed by atoms with Crippen LogP contribution in [-0.4, -0.2) is 12.1 Å². The predicted octanol–water partition coefficient (Wildman–Crippen LogP) is 4.42. The van der Waals surface area contributed by atoms with Crippen molar-refractivity contribution in [1.29, 1.82) is 0 Å².